The number of anilines is 1. The lowest BCUT2D eigenvalue weighted by Crippen LogP contribution is -2.37. The molecule has 1 atom stereocenters. The van der Waals surface area contributed by atoms with Crippen LogP contribution >= 0.6 is 12.4 Å². The third-order valence-corrected chi connectivity index (χ3v) is 4.76. The topological polar surface area (TPSA) is 70.7 Å². The van der Waals surface area contributed by atoms with Crippen LogP contribution in [0.5, 0.6) is 0 Å². The van der Waals surface area contributed by atoms with E-state index in [1.807, 2.05) is 17.0 Å². The lowest BCUT2D eigenvalue weighted by Gasteiger charge is -2.27. The molecular weight excluding hydrogens is 354 g/mol. The molecule has 1 aromatic rings. The van der Waals surface area contributed by atoms with Gasteiger partial charge in [0.15, 0.2) is 0 Å². The van der Waals surface area contributed by atoms with Gasteiger partial charge in [-0.1, -0.05) is 12.1 Å². The minimum atomic E-state index is -0.142. The van der Waals surface area contributed by atoms with E-state index in [0.717, 1.165) is 45.4 Å². The van der Waals surface area contributed by atoms with Crippen LogP contribution in [-0.2, 0) is 9.53 Å². The fourth-order valence-electron chi connectivity index (χ4n) is 3.39. The van der Waals surface area contributed by atoms with E-state index in [1.54, 1.807) is 12.1 Å². The van der Waals surface area contributed by atoms with Crippen LogP contribution in [0.15, 0.2) is 24.3 Å². The van der Waals surface area contributed by atoms with Gasteiger partial charge >= 0.3 is 0 Å². The molecule has 1 unspecified atom stereocenters. The third-order valence-electron chi connectivity index (χ3n) is 4.76. The molecule has 3 rings (SSSR count). The van der Waals surface area contributed by atoms with Crippen LogP contribution in [0.25, 0.3) is 0 Å². The molecule has 0 saturated carbocycles. The Morgan fingerprint density at radius 1 is 1.12 bits per heavy atom. The van der Waals surface area contributed by atoms with E-state index in [9.17, 15) is 9.59 Å². The number of hydrogen-bond acceptors (Lipinski definition) is 4. The summed E-state index contributed by atoms with van der Waals surface area (Å²) >= 11 is 0. The summed E-state index contributed by atoms with van der Waals surface area (Å²) in [6.07, 6.45) is 5.62. The largest absolute Gasteiger partial charge is 0.377 e. The summed E-state index contributed by atoms with van der Waals surface area (Å²) in [7, 11) is 0. The van der Waals surface area contributed by atoms with Crippen LogP contribution in [0.1, 0.15) is 42.5 Å². The average molecular weight is 382 g/mol. The summed E-state index contributed by atoms with van der Waals surface area (Å²) in [5.74, 6) is -0.139. The summed E-state index contributed by atoms with van der Waals surface area (Å²) in [5, 5.41) is 5.99. The van der Waals surface area contributed by atoms with Gasteiger partial charge in [-0.15, -0.1) is 12.4 Å². The molecule has 0 aromatic heterocycles. The number of benzene rings is 1. The molecule has 2 amide bonds. The van der Waals surface area contributed by atoms with Crippen molar-refractivity contribution in [1.82, 2.24) is 10.2 Å². The first-order valence-corrected chi connectivity index (χ1v) is 9.24. The number of carbonyl (C=O) groups is 2. The van der Waals surface area contributed by atoms with Gasteiger partial charge in [0.2, 0.25) is 5.91 Å². The summed E-state index contributed by atoms with van der Waals surface area (Å²) in [6.45, 7) is 3.30. The Balaban J connectivity index is 0.00000243. The Morgan fingerprint density at radius 3 is 2.62 bits per heavy atom. The number of ether oxygens (including phenoxy) is 1. The van der Waals surface area contributed by atoms with E-state index in [2.05, 4.69) is 10.6 Å². The van der Waals surface area contributed by atoms with Crippen LogP contribution in [0.3, 0.4) is 0 Å². The molecule has 1 aromatic carbocycles. The lowest BCUT2D eigenvalue weighted by atomic mass is 10.1. The van der Waals surface area contributed by atoms with E-state index in [-0.39, 0.29) is 36.9 Å². The number of carbonyl (C=O) groups excluding carboxylic acids is 2. The number of para-hydroxylation sites is 1. The second-order valence-corrected chi connectivity index (χ2v) is 6.71. The van der Waals surface area contributed by atoms with Crippen molar-refractivity contribution in [2.24, 2.45) is 0 Å². The van der Waals surface area contributed by atoms with Crippen molar-refractivity contribution in [3.05, 3.63) is 29.8 Å². The van der Waals surface area contributed by atoms with Crippen molar-refractivity contribution < 1.29 is 14.3 Å². The van der Waals surface area contributed by atoms with Gasteiger partial charge in [-0.3, -0.25) is 9.59 Å². The summed E-state index contributed by atoms with van der Waals surface area (Å²) in [5.41, 5.74) is 1.15. The van der Waals surface area contributed by atoms with E-state index >= 15 is 0 Å². The standard InChI is InChI=1S/C19H27N3O3.ClH/c23-18(14-20-13-15-7-6-12-25-15)21-17-9-3-2-8-16(17)19(24)22-10-4-1-5-11-22;/h2-3,8-9,15,20H,1,4-7,10-14H2,(H,21,23);1H. The fraction of sp³-hybridized carbons (Fsp3) is 0.579. The second kappa shape index (κ2) is 10.5. The smallest absolute Gasteiger partial charge is 0.255 e. The zero-order valence-electron chi connectivity index (χ0n) is 15.0. The van der Waals surface area contributed by atoms with Gasteiger partial charge in [0.25, 0.3) is 5.91 Å². The summed E-state index contributed by atoms with van der Waals surface area (Å²) in [4.78, 5) is 26.8. The highest BCUT2D eigenvalue weighted by molar-refractivity contribution is 6.04. The molecule has 2 aliphatic rings. The van der Waals surface area contributed by atoms with Gasteiger partial charge in [0, 0.05) is 26.2 Å². The van der Waals surface area contributed by atoms with Gasteiger partial charge < -0.3 is 20.3 Å². The molecular formula is C19H28ClN3O3. The van der Waals surface area contributed by atoms with E-state index in [4.69, 9.17) is 4.74 Å². The molecule has 2 heterocycles. The lowest BCUT2D eigenvalue weighted by molar-refractivity contribution is -0.115. The molecule has 2 saturated heterocycles. The number of nitrogens with zero attached hydrogens (tertiary/aromatic N) is 1. The van der Waals surface area contributed by atoms with E-state index < -0.39 is 0 Å². The highest BCUT2D eigenvalue weighted by Gasteiger charge is 2.21. The zero-order chi connectivity index (χ0) is 17.5. The summed E-state index contributed by atoms with van der Waals surface area (Å²) < 4.78 is 5.53. The van der Waals surface area contributed by atoms with Crippen LogP contribution < -0.4 is 10.6 Å². The Bertz CT molecular complexity index is 599. The average Bonchev–Trinajstić information content (AvgIpc) is 3.16. The van der Waals surface area contributed by atoms with Gasteiger partial charge in [-0.2, -0.15) is 0 Å². The van der Waals surface area contributed by atoms with Crippen molar-refractivity contribution in [3.63, 3.8) is 0 Å². The van der Waals surface area contributed by atoms with Gasteiger partial charge in [-0.25, -0.2) is 0 Å². The molecule has 7 heteroatoms. The maximum absolute atomic E-state index is 12.7. The number of amides is 2. The minimum Gasteiger partial charge on any atom is -0.377 e. The molecule has 2 N–H and O–H groups in total. The Kier molecular flexibility index (Phi) is 8.35. The highest BCUT2D eigenvalue weighted by Crippen LogP contribution is 2.20. The molecule has 0 spiro atoms. The maximum Gasteiger partial charge on any atom is 0.255 e. The number of likely N-dealkylation sites (tertiary alicyclic amines) is 1. The molecule has 26 heavy (non-hydrogen) atoms. The van der Waals surface area contributed by atoms with Crippen LogP contribution in [0.4, 0.5) is 5.69 Å². The monoisotopic (exact) mass is 381 g/mol. The highest BCUT2D eigenvalue weighted by atomic mass is 35.5. The van der Waals surface area contributed by atoms with Gasteiger partial charge in [0.05, 0.1) is 23.9 Å². The third kappa shape index (κ3) is 5.69. The fourth-order valence-corrected chi connectivity index (χ4v) is 3.39. The SMILES string of the molecule is Cl.O=C(CNCC1CCCO1)Nc1ccccc1C(=O)N1CCCCC1. The predicted octanol–water partition coefficient (Wildman–Crippen LogP) is 2.44. The van der Waals surface area contributed by atoms with Crippen molar-refractivity contribution >= 4 is 29.9 Å². The minimum absolute atomic E-state index is 0. The van der Waals surface area contributed by atoms with Crippen molar-refractivity contribution in [3.8, 4) is 0 Å². The molecule has 2 fully saturated rings. The Hall–Kier alpha value is -1.63. The van der Waals surface area contributed by atoms with Crippen molar-refractivity contribution in [1.29, 1.82) is 0 Å². The van der Waals surface area contributed by atoms with Crippen LogP contribution in [-0.4, -0.2) is 55.6 Å². The maximum atomic E-state index is 12.7. The normalized spacial score (nSPS) is 19.7. The van der Waals surface area contributed by atoms with Crippen LogP contribution in [0.2, 0.25) is 0 Å². The second-order valence-electron chi connectivity index (χ2n) is 6.71. The van der Waals surface area contributed by atoms with Gasteiger partial charge in [-0.05, 0) is 44.2 Å². The molecule has 0 radical (unpaired) electrons. The van der Waals surface area contributed by atoms with Crippen molar-refractivity contribution in [2.45, 2.75) is 38.2 Å². The Morgan fingerprint density at radius 2 is 1.88 bits per heavy atom. The first-order chi connectivity index (χ1) is 12.2. The van der Waals surface area contributed by atoms with E-state index in [1.165, 1.54) is 6.42 Å². The zero-order valence-corrected chi connectivity index (χ0v) is 15.9. The van der Waals surface area contributed by atoms with Gasteiger partial charge in [0.1, 0.15) is 0 Å². The quantitative estimate of drug-likeness (QED) is 0.794. The number of piperidine rings is 1. The van der Waals surface area contributed by atoms with Crippen LogP contribution in [0, 0.1) is 0 Å². The Labute approximate surface area is 161 Å². The molecule has 6 nitrogen and oxygen atoms in total. The van der Waals surface area contributed by atoms with E-state index in [0.29, 0.717) is 17.8 Å². The predicted molar refractivity (Wildman–Crippen MR) is 104 cm³/mol. The summed E-state index contributed by atoms with van der Waals surface area (Å²) in [6, 6.07) is 7.24. The first kappa shape index (κ1) is 20.7. The molecule has 0 aliphatic carbocycles. The molecule has 0 bridgehead atoms. The number of halogens is 1. The number of rotatable bonds is 6. The number of hydrogen-bond donors (Lipinski definition) is 2. The molecule has 2 aliphatic heterocycles. The van der Waals surface area contributed by atoms with Crippen molar-refractivity contribution in [2.75, 3.05) is 38.1 Å². The number of nitrogens with one attached hydrogen (secondary N) is 2. The molecule has 144 valence electrons. The first-order valence-electron chi connectivity index (χ1n) is 9.24.